The van der Waals surface area contributed by atoms with Crippen molar-refractivity contribution < 1.29 is 9.90 Å². The van der Waals surface area contributed by atoms with E-state index in [0.717, 1.165) is 11.1 Å². The van der Waals surface area contributed by atoms with Crippen LogP contribution in [0.1, 0.15) is 34.6 Å². The smallest absolute Gasteiger partial charge is 0.238 e. The van der Waals surface area contributed by atoms with Crippen LogP contribution in [0.3, 0.4) is 0 Å². The predicted octanol–water partition coefficient (Wildman–Crippen LogP) is 1.87. The number of amides is 1. The maximum atomic E-state index is 11.0. The third-order valence-electron chi connectivity index (χ3n) is 1.31. The van der Waals surface area contributed by atoms with Gasteiger partial charge in [-0.25, -0.2) is 0 Å². The minimum atomic E-state index is -0.500. The van der Waals surface area contributed by atoms with E-state index in [4.69, 9.17) is 10.8 Å². The number of hydrogen-bond acceptors (Lipinski definition) is 3. The number of nitrogens with one attached hydrogen (secondary N) is 1. The topological polar surface area (TPSA) is 75.4 Å². The van der Waals surface area contributed by atoms with E-state index >= 15 is 0 Å². The lowest BCUT2D eigenvalue weighted by atomic mass is 10.2. The van der Waals surface area contributed by atoms with E-state index in [-0.39, 0.29) is 12.5 Å². The molecule has 0 saturated carbocycles. The number of carbonyl (C=O) groups excluding carboxylic acids is 1. The van der Waals surface area contributed by atoms with Gasteiger partial charge in [0.1, 0.15) is 0 Å². The Morgan fingerprint density at radius 2 is 1.72 bits per heavy atom. The van der Waals surface area contributed by atoms with Gasteiger partial charge >= 0.3 is 0 Å². The molecular weight excluding hydrogens is 228 g/mol. The van der Waals surface area contributed by atoms with Crippen LogP contribution in [0.25, 0.3) is 0 Å². The fourth-order valence-electron chi connectivity index (χ4n) is 0.714. The molecule has 0 rings (SSSR count). The zero-order chi connectivity index (χ0) is 14.9. The average Bonchev–Trinajstić information content (AvgIpc) is 2.12. The van der Waals surface area contributed by atoms with Gasteiger partial charge in [0.25, 0.3) is 0 Å². The van der Waals surface area contributed by atoms with Crippen molar-refractivity contribution in [2.24, 2.45) is 5.73 Å². The Hall–Kier alpha value is -1.39. The molecule has 0 aliphatic carbocycles. The Morgan fingerprint density at radius 3 is 1.94 bits per heavy atom. The molecule has 18 heavy (non-hydrogen) atoms. The van der Waals surface area contributed by atoms with E-state index in [0.29, 0.717) is 5.70 Å². The van der Waals surface area contributed by atoms with E-state index in [1.165, 1.54) is 0 Å². The van der Waals surface area contributed by atoms with Gasteiger partial charge in [-0.3, -0.25) is 4.79 Å². The molecule has 0 aliphatic rings. The first-order valence-corrected chi connectivity index (χ1v) is 5.72. The summed E-state index contributed by atoms with van der Waals surface area (Å²) >= 11 is 0. The van der Waals surface area contributed by atoms with E-state index in [1.807, 2.05) is 13.8 Å². The minimum Gasteiger partial charge on any atom is -0.391 e. The molecule has 104 valence electrons. The van der Waals surface area contributed by atoms with Crippen molar-refractivity contribution in [1.29, 1.82) is 0 Å². The van der Waals surface area contributed by atoms with Crippen molar-refractivity contribution in [2.75, 3.05) is 6.54 Å². The first kappa shape index (κ1) is 19.0. The molecule has 0 fully saturated rings. The van der Waals surface area contributed by atoms with Gasteiger partial charge in [-0.1, -0.05) is 18.7 Å². The highest BCUT2D eigenvalue weighted by molar-refractivity contribution is 5.80. The molecule has 1 amide bonds. The Kier molecular flexibility index (Phi) is 9.13. The number of hydrogen-bond donors (Lipinski definition) is 3. The molecule has 4 heteroatoms. The second kappa shape index (κ2) is 8.66. The van der Waals surface area contributed by atoms with Gasteiger partial charge < -0.3 is 16.2 Å². The maximum absolute atomic E-state index is 11.0. The van der Waals surface area contributed by atoms with Crippen molar-refractivity contribution in [3.05, 3.63) is 36.1 Å². The molecule has 0 aromatic heterocycles. The summed E-state index contributed by atoms with van der Waals surface area (Å²) in [7, 11) is 0. The summed E-state index contributed by atoms with van der Waals surface area (Å²) in [5.41, 5.74) is 6.97. The third-order valence-corrected chi connectivity index (χ3v) is 1.31. The Bertz CT molecular complexity index is 330. The first-order valence-electron chi connectivity index (χ1n) is 5.72. The standard InChI is InChI=1S/C10H16N2O.C4H10O/c1-7(2)5-9(8(3)4)12-10(13)6-11;1-4(2,3)5/h5H,1,3,6,11H2,2,4H3,(H,12,13);5H,1-3H3/b9-5+;. The molecule has 0 bridgehead atoms. The lowest BCUT2D eigenvalue weighted by Gasteiger charge is -2.08. The monoisotopic (exact) mass is 254 g/mol. The molecule has 0 unspecified atom stereocenters. The van der Waals surface area contributed by atoms with E-state index in [9.17, 15) is 4.79 Å². The van der Waals surface area contributed by atoms with Crippen molar-refractivity contribution in [1.82, 2.24) is 5.32 Å². The minimum absolute atomic E-state index is 0.0270. The first-order chi connectivity index (χ1) is 7.97. The number of aliphatic hydroxyl groups is 1. The lowest BCUT2D eigenvalue weighted by molar-refractivity contribution is -0.119. The molecule has 0 atom stereocenters. The molecule has 0 heterocycles. The molecule has 0 spiro atoms. The largest absolute Gasteiger partial charge is 0.391 e. The van der Waals surface area contributed by atoms with Gasteiger partial charge in [-0.2, -0.15) is 0 Å². The van der Waals surface area contributed by atoms with Gasteiger partial charge in [0.2, 0.25) is 5.91 Å². The van der Waals surface area contributed by atoms with Gasteiger partial charge in [-0.15, -0.1) is 0 Å². The summed E-state index contributed by atoms with van der Waals surface area (Å²) in [4.78, 5) is 11.0. The molecule has 4 N–H and O–H groups in total. The second-order valence-corrected chi connectivity index (χ2v) is 5.11. The summed E-state index contributed by atoms with van der Waals surface area (Å²) in [5, 5.41) is 11.2. The maximum Gasteiger partial charge on any atom is 0.238 e. The number of allylic oxidation sites excluding steroid dienone is 3. The molecule has 0 saturated heterocycles. The van der Waals surface area contributed by atoms with Crippen molar-refractivity contribution >= 4 is 5.91 Å². The summed E-state index contributed by atoms with van der Waals surface area (Å²) in [6.07, 6.45) is 1.76. The summed E-state index contributed by atoms with van der Waals surface area (Å²) in [5.74, 6) is -0.226. The van der Waals surface area contributed by atoms with Crippen molar-refractivity contribution in [3.63, 3.8) is 0 Å². The number of rotatable bonds is 4. The van der Waals surface area contributed by atoms with Gasteiger partial charge in [0.05, 0.1) is 12.1 Å². The highest BCUT2D eigenvalue weighted by Gasteiger charge is 2.02. The van der Waals surface area contributed by atoms with Crippen LogP contribution in [0, 0.1) is 0 Å². The van der Waals surface area contributed by atoms with E-state index in [2.05, 4.69) is 18.5 Å². The second-order valence-electron chi connectivity index (χ2n) is 5.11. The zero-order valence-corrected chi connectivity index (χ0v) is 12.1. The third kappa shape index (κ3) is 17.0. The van der Waals surface area contributed by atoms with Crippen molar-refractivity contribution in [3.8, 4) is 0 Å². The summed E-state index contributed by atoms with van der Waals surface area (Å²) in [6.45, 7) is 16.3. The molecule has 0 aromatic carbocycles. The average molecular weight is 254 g/mol. The van der Waals surface area contributed by atoms with Crippen LogP contribution >= 0.6 is 0 Å². The SMILES string of the molecule is C=C(C)/C=C(/NC(=O)CN)C(=C)C.CC(C)(C)O. The van der Waals surface area contributed by atoms with Crippen molar-refractivity contribution in [2.45, 2.75) is 40.2 Å². The Balaban J connectivity index is 0. The van der Waals surface area contributed by atoms with Crippen LogP contribution in [-0.2, 0) is 4.79 Å². The fourth-order valence-corrected chi connectivity index (χ4v) is 0.714. The predicted molar refractivity (Wildman–Crippen MR) is 76.9 cm³/mol. The summed E-state index contributed by atoms with van der Waals surface area (Å²) < 4.78 is 0. The fraction of sp³-hybridized carbons (Fsp3) is 0.500. The zero-order valence-electron chi connectivity index (χ0n) is 12.1. The quantitative estimate of drug-likeness (QED) is 0.670. The van der Waals surface area contributed by atoms with Crippen LogP contribution in [0.15, 0.2) is 36.1 Å². The molecule has 4 nitrogen and oxygen atoms in total. The summed E-state index contributed by atoms with van der Waals surface area (Å²) in [6, 6.07) is 0. The molecular formula is C14H26N2O2. The van der Waals surface area contributed by atoms with E-state index < -0.39 is 5.60 Å². The van der Waals surface area contributed by atoms with Gasteiger partial charge in [0.15, 0.2) is 0 Å². The molecule has 0 radical (unpaired) electrons. The number of carbonyl (C=O) groups is 1. The Morgan fingerprint density at radius 1 is 1.33 bits per heavy atom. The lowest BCUT2D eigenvalue weighted by Crippen LogP contribution is -2.30. The van der Waals surface area contributed by atoms with Crippen LogP contribution in [0.2, 0.25) is 0 Å². The highest BCUT2D eigenvalue weighted by atomic mass is 16.3. The molecule has 0 aromatic rings. The van der Waals surface area contributed by atoms with E-state index in [1.54, 1.807) is 26.8 Å². The highest BCUT2D eigenvalue weighted by Crippen LogP contribution is 2.05. The number of nitrogens with two attached hydrogens (primary N) is 1. The van der Waals surface area contributed by atoms with Crippen LogP contribution in [0.5, 0.6) is 0 Å². The van der Waals surface area contributed by atoms with Gasteiger partial charge in [-0.05, 0) is 46.3 Å². The molecule has 0 aliphatic heterocycles. The van der Waals surface area contributed by atoms with Gasteiger partial charge in [0, 0.05) is 5.70 Å². The normalized spacial score (nSPS) is 11.2. The Labute approximate surface area is 110 Å². The van der Waals surface area contributed by atoms with Crippen LogP contribution in [-0.4, -0.2) is 23.2 Å². The van der Waals surface area contributed by atoms with Crippen LogP contribution in [0.4, 0.5) is 0 Å². The van der Waals surface area contributed by atoms with Crippen LogP contribution < -0.4 is 11.1 Å².